The van der Waals surface area contributed by atoms with Gasteiger partial charge >= 0.3 is 6.30 Å². The van der Waals surface area contributed by atoms with E-state index in [1.807, 2.05) is 4.99 Å². The van der Waals surface area contributed by atoms with Crippen LogP contribution < -0.4 is 5.11 Å². The summed E-state index contributed by atoms with van der Waals surface area (Å²) in [4.78, 5) is 1.95. The fourth-order valence-corrected chi connectivity index (χ4v) is 0.772. The predicted octanol–water partition coefficient (Wildman–Crippen LogP) is 1.45. The largest absolute Gasteiger partial charge is 0.858 e. The first-order valence-corrected chi connectivity index (χ1v) is 3.48. The van der Waals surface area contributed by atoms with Gasteiger partial charge in [-0.2, -0.15) is 0 Å². The predicted molar refractivity (Wildman–Crippen MR) is 39.0 cm³/mol. The van der Waals surface area contributed by atoms with Crippen molar-refractivity contribution < 1.29 is 22.7 Å². The van der Waals surface area contributed by atoms with Crippen LogP contribution in [-0.4, -0.2) is 12.2 Å². The summed E-state index contributed by atoms with van der Waals surface area (Å²) in [7, 11) is 0. The Labute approximate surface area is 76.5 Å². The summed E-state index contributed by atoms with van der Waals surface area (Å²) in [6, 6.07) is 3.65. The number of rotatable bonds is 1. The van der Waals surface area contributed by atoms with Crippen molar-refractivity contribution in [3.8, 4) is 0 Å². The molecule has 0 aromatic heterocycles. The summed E-state index contributed by atoms with van der Waals surface area (Å²) >= 11 is 0. The van der Waals surface area contributed by atoms with Gasteiger partial charge in [-0.05, 0) is 23.6 Å². The minimum atomic E-state index is -4.90. The first-order chi connectivity index (χ1) is 6.38. The summed E-state index contributed by atoms with van der Waals surface area (Å²) in [5.74, 6) is -2.06. The van der Waals surface area contributed by atoms with Crippen LogP contribution in [-0.2, 0) is 0 Å². The van der Waals surface area contributed by atoms with Gasteiger partial charge in [0.25, 0.3) is 0 Å². The van der Waals surface area contributed by atoms with Crippen LogP contribution in [0.2, 0.25) is 0 Å². The van der Waals surface area contributed by atoms with Gasteiger partial charge in [-0.25, -0.2) is 9.38 Å². The van der Waals surface area contributed by atoms with Gasteiger partial charge in [-0.1, -0.05) is 12.1 Å². The van der Waals surface area contributed by atoms with Gasteiger partial charge in [0.2, 0.25) is 0 Å². The molecule has 1 rings (SSSR count). The van der Waals surface area contributed by atoms with Gasteiger partial charge in [0.1, 0.15) is 5.82 Å². The SMILES string of the molecule is [O-]C(=NC(F)(F)F)c1ccc(F)cc1. The number of halogens is 4. The number of alkyl halides is 3. The Kier molecular flexibility index (Phi) is 2.73. The van der Waals surface area contributed by atoms with E-state index in [1.54, 1.807) is 0 Å². The molecule has 6 heteroatoms. The molecule has 0 aliphatic rings. The Morgan fingerprint density at radius 2 is 1.64 bits per heavy atom. The molecule has 14 heavy (non-hydrogen) atoms. The topological polar surface area (TPSA) is 35.4 Å². The standard InChI is InChI=1S/C8H5F4NO/c9-6-3-1-5(2-4-6)7(14)13-8(10,11)12/h1-4H,(H,13,14)/p-1. The Hall–Kier alpha value is -1.59. The second-order valence-corrected chi connectivity index (χ2v) is 2.39. The van der Waals surface area contributed by atoms with E-state index in [1.165, 1.54) is 0 Å². The second kappa shape index (κ2) is 3.65. The molecule has 0 aliphatic heterocycles. The molecule has 0 bridgehead atoms. The molecule has 0 atom stereocenters. The lowest BCUT2D eigenvalue weighted by molar-refractivity contribution is -0.221. The van der Waals surface area contributed by atoms with Crippen LogP contribution in [0.3, 0.4) is 0 Å². The van der Waals surface area contributed by atoms with E-state index in [0.29, 0.717) is 0 Å². The minimum Gasteiger partial charge on any atom is -0.858 e. The number of aliphatic imine (C=N–C) groups is 1. The Balaban J connectivity index is 2.95. The van der Waals surface area contributed by atoms with E-state index in [0.717, 1.165) is 24.3 Å². The zero-order valence-corrected chi connectivity index (χ0v) is 6.68. The Morgan fingerprint density at radius 1 is 1.14 bits per heavy atom. The van der Waals surface area contributed by atoms with Crippen LogP contribution >= 0.6 is 0 Å². The number of benzene rings is 1. The third-order valence-corrected chi connectivity index (χ3v) is 1.32. The van der Waals surface area contributed by atoms with E-state index < -0.39 is 18.0 Å². The highest BCUT2D eigenvalue weighted by atomic mass is 19.4. The van der Waals surface area contributed by atoms with Crippen molar-refractivity contribution >= 4 is 5.90 Å². The van der Waals surface area contributed by atoms with Gasteiger partial charge in [0, 0.05) is 0 Å². The van der Waals surface area contributed by atoms with Gasteiger partial charge in [-0.15, -0.1) is 13.2 Å². The van der Waals surface area contributed by atoms with Crippen LogP contribution in [0.5, 0.6) is 0 Å². The molecule has 0 N–H and O–H groups in total. The Bertz CT molecular complexity index is 341. The average molecular weight is 206 g/mol. The molecule has 0 aliphatic carbocycles. The lowest BCUT2D eigenvalue weighted by Gasteiger charge is -2.11. The molecular formula is C8H4F4NO-. The molecule has 0 amide bonds. The van der Waals surface area contributed by atoms with E-state index in [-0.39, 0.29) is 5.56 Å². The van der Waals surface area contributed by atoms with Gasteiger partial charge in [0.05, 0.1) is 0 Å². The maximum atomic E-state index is 12.3. The van der Waals surface area contributed by atoms with E-state index >= 15 is 0 Å². The number of nitrogens with zero attached hydrogens (tertiary/aromatic N) is 1. The normalized spacial score (nSPS) is 13.0. The van der Waals surface area contributed by atoms with E-state index in [9.17, 15) is 22.7 Å². The molecule has 0 fully saturated rings. The molecule has 2 nitrogen and oxygen atoms in total. The van der Waals surface area contributed by atoms with Crippen molar-refractivity contribution in [2.24, 2.45) is 4.99 Å². The quantitative estimate of drug-likeness (QED) is 0.296. The van der Waals surface area contributed by atoms with Crippen LogP contribution in [0.15, 0.2) is 29.3 Å². The molecule has 1 aromatic carbocycles. The van der Waals surface area contributed by atoms with Crippen molar-refractivity contribution in [3.63, 3.8) is 0 Å². The highest BCUT2D eigenvalue weighted by molar-refractivity contribution is 5.90. The van der Waals surface area contributed by atoms with Crippen LogP contribution in [0.1, 0.15) is 5.56 Å². The number of hydrogen-bond donors (Lipinski definition) is 0. The van der Waals surface area contributed by atoms with E-state index in [2.05, 4.69) is 0 Å². The smallest absolute Gasteiger partial charge is 0.502 e. The first kappa shape index (κ1) is 10.5. The van der Waals surface area contributed by atoms with Gasteiger partial charge in [-0.3, -0.25) is 0 Å². The highest BCUT2D eigenvalue weighted by Gasteiger charge is 2.25. The van der Waals surface area contributed by atoms with Gasteiger partial charge in [0.15, 0.2) is 0 Å². The number of hydrogen-bond acceptors (Lipinski definition) is 2. The summed E-state index contributed by atoms with van der Waals surface area (Å²) < 4.78 is 47.2. The minimum absolute atomic E-state index is 0.302. The van der Waals surface area contributed by atoms with E-state index in [4.69, 9.17) is 0 Å². The fraction of sp³-hybridized carbons (Fsp3) is 0.125. The average Bonchev–Trinajstić information content (AvgIpc) is 2.02. The Morgan fingerprint density at radius 3 is 2.07 bits per heavy atom. The molecule has 76 valence electrons. The van der Waals surface area contributed by atoms with Crippen LogP contribution in [0.25, 0.3) is 0 Å². The van der Waals surface area contributed by atoms with Crippen molar-refractivity contribution in [3.05, 3.63) is 35.6 Å². The maximum Gasteiger partial charge on any atom is 0.502 e. The highest BCUT2D eigenvalue weighted by Crippen LogP contribution is 2.17. The summed E-state index contributed by atoms with van der Waals surface area (Å²) in [6.45, 7) is 0. The molecule has 0 radical (unpaired) electrons. The molecule has 0 spiro atoms. The van der Waals surface area contributed by atoms with Crippen molar-refractivity contribution in [1.82, 2.24) is 0 Å². The summed E-state index contributed by atoms with van der Waals surface area (Å²) in [6.07, 6.45) is -4.90. The van der Waals surface area contributed by atoms with Gasteiger partial charge < -0.3 is 5.11 Å². The zero-order chi connectivity index (χ0) is 10.8. The van der Waals surface area contributed by atoms with Crippen molar-refractivity contribution in [2.75, 3.05) is 0 Å². The van der Waals surface area contributed by atoms with Crippen LogP contribution in [0, 0.1) is 5.82 Å². The molecular weight excluding hydrogens is 202 g/mol. The molecule has 0 heterocycles. The monoisotopic (exact) mass is 206 g/mol. The second-order valence-electron chi connectivity index (χ2n) is 2.39. The third-order valence-electron chi connectivity index (χ3n) is 1.32. The fourth-order valence-electron chi connectivity index (χ4n) is 0.772. The first-order valence-electron chi connectivity index (χ1n) is 3.48. The maximum absolute atomic E-state index is 12.3. The lowest BCUT2D eigenvalue weighted by atomic mass is 10.2. The van der Waals surface area contributed by atoms with Crippen molar-refractivity contribution in [2.45, 2.75) is 6.30 Å². The van der Waals surface area contributed by atoms with Crippen LogP contribution in [0.4, 0.5) is 17.6 Å². The third kappa shape index (κ3) is 3.04. The molecule has 1 aromatic rings. The zero-order valence-electron chi connectivity index (χ0n) is 6.68. The summed E-state index contributed by atoms with van der Waals surface area (Å²) in [5, 5.41) is 10.8. The lowest BCUT2D eigenvalue weighted by Crippen LogP contribution is -2.22. The molecule has 0 unspecified atom stereocenters. The molecule has 0 saturated heterocycles. The summed E-state index contributed by atoms with van der Waals surface area (Å²) in [5.41, 5.74) is -0.302. The molecule has 0 saturated carbocycles. The van der Waals surface area contributed by atoms with Crippen molar-refractivity contribution in [1.29, 1.82) is 0 Å².